The molecule has 1 aliphatic rings. The van der Waals surface area contributed by atoms with Gasteiger partial charge in [-0.1, -0.05) is 13.8 Å². The molecule has 0 spiro atoms. The van der Waals surface area contributed by atoms with E-state index in [0.29, 0.717) is 18.4 Å². The van der Waals surface area contributed by atoms with E-state index in [-0.39, 0.29) is 6.04 Å². The molecule has 0 aliphatic carbocycles. The van der Waals surface area contributed by atoms with Crippen LogP contribution in [-0.4, -0.2) is 60.6 Å². The molecule has 0 radical (unpaired) electrons. The second-order valence-corrected chi connectivity index (χ2v) is 9.54. The lowest BCUT2D eigenvalue weighted by atomic mass is 10.1. The molecule has 0 bridgehead atoms. The highest BCUT2D eigenvalue weighted by molar-refractivity contribution is 7.88. The van der Waals surface area contributed by atoms with E-state index >= 15 is 0 Å². The van der Waals surface area contributed by atoms with Crippen molar-refractivity contribution < 1.29 is 8.42 Å². The Kier molecular flexibility index (Phi) is 6.28. The number of guanidine groups is 1. The molecule has 9 nitrogen and oxygen atoms in total. The Morgan fingerprint density at radius 3 is 2.69 bits per heavy atom. The van der Waals surface area contributed by atoms with Crippen molar-refractivity contribution in [2.45, 2.75) is 64.6 Å². The molecule has 3 N–H and O–H groups in total. The molecule has 2 rings (SSSR count). The fourth-order valence-corrected chi connectivity index (χ4v) is 4.00. The van der Waals surface area contributed by atoms with Crippen molar-refractivity contribution in [1.29, 1.82) is 0 Å². The van der Waals surface area contributed by atoms with E-state index < -0.39 is 15.6 Å². The van der Waals surface area contributed by atoms with Crippen LogP contribution in [0, 0.1) is 0 Å². The minimum Gasteiger partial charge on any atom is -0.355 e. The summed E-state index contributed by atoms with van der Waals surface area (Å²) in [7, 11) is -1.57. The van der Waals surface area contributed by atoms with Gasteiger partial charge in [-0.15, -0.1) is 0 Å². The SMILES string of the molecule is CN=C(NCC(C)(C)NS(C)(=O)=O)NC1CCc2nc(C(C)C)nn2C1. The van der Waals surface area contributed by atoms with Crippen molar-refractivity contribution in [1.82, 2.24) is 30.1 Å². The number of aliphatic imine (C=N–C) groups is 1. The van der Waals surface area contributed by atoms with E-state index in [0.717, 1.165) is 37.3 Å². The first-order valence-electron chi connectivity index (χ1n) is 8.89. The summed E-state index contributed by atoms with van der Waals surface area (Å²) < 4.78 is 27.5. The van der Waals surface area contributed by atoms with Crippen LogP contribution in [0.25, 0.3) is 0 Å². The van der Waals surface area contributed by atoms with Crippen molar-refractivity contribution >= 4 is 16.0 Å². The molecule has 2 heterocycles. The molecule has 0 amide bonds. The molecular weight excluding hydrogens is 354 g/mol. The third-order valence-corrected chi connectivity index (χ3v) is 5.04. The lowest BCUT2D eigenvalue weighted by Gasteiger charge is -2.29. The number of aryl methyl sites for hydroxylation is 1. The van der Waals surface area contributed by atoms with Crippen molar-refractivity contribution in [3.63, 3.8) is 0 Å². The van der Waals surface area contributed by atoms with Crippen LogP contribution < -0.4 is 15.4 Å². The van der Waals surface area contributed by atoms with Gasteiger partial charge in [0.1, 0.15) is 5.82 Å². The summed E-state index contributed by atoms with van der Waals surface area (Å²) in [6.07, 6.45) is 2.97. The number of sulfonamides is 1. The van der Waals surface area contributed by atoms with E-state index in [1.54, 1.807) is 7.05 Å². The monoisotopic (exact) mass is 385 g/mol. The first-order valence-corrected chi connectivity index (χ1v) is 10.8. The Balaban J connectivity index is 1.92. The van der Waals surface area contributed by atoms with E-state index in [1.807, 2.05) is 18.5 Å². The fraction of sp³-hybridized carbons (Fsp3) is 0.812. The number of nitrogens with zero attached hydrogens (tertiary/aromatic N) is 4. The van der Waals surface area contributed by atoms with Crippen molar-refractivity contribution in [2.24, 2.45) is 4.99 Å². The Labute approximate surface area is 156 Å². The van der Waals surface area contributed by atoms with Gasteiger partial charge < -0.3 is 10.6 Å². The zero-order valence-corrected chi connectivity index (χ0v) is 17.3. The van der Waals surface area contributed by atoms with Gasteiger partial charge in [-0.2, -0.15) is 5.10 Å². The highest BCUT2D eigenvalue weighted by atomic mass is 32.2. The summed E-state index contributed by atoms with van der Waals surface area (Å²) >= 11 is 0. The Hall–Kier alpha value is -1.68. The van der Waals surface area contributed by atoms with E-state index in [2.05, 4.69) is 44.3 Å². The number of rotatable bonds is 6. The number of nitrogens with one attached hydrogen (secondary N) is 3. The topological polar surface area (TPSA) is 113 Å². The molecule has 0 saturated carbocycles. The van der Waals surface area contributed by atoms with Crippen LogP contribution in [0.15, 0.2) is 4.99 Å². The fourth-order valence-electron chi connectivity index (χ4n) is 2.92. The molecule has 1 aromatic heterocycles. The number of fused-ring (bicyclic) bond motifs is 1. The van der Waals surface area contributed by atoms with Crippen molar-refractivity contribution in [3.05, 3.63) is 11.6 Å². The van der Waals surface area contributed by atoms with Gasteiger partial charge in [-0.3, -0.25) is 4.99 Å². The standard InChI is InChI=1S/C16H31N7O2S/c1-11(2)14-20-13-8-7-12(9-23(13)21-14)19-15(17-5)18-10-16(3,4)22-26(6,24)25/h11-12,22H,7-10H2,1-6H3,(H2,17,18,19). The van der Waals surface area contributed by atoms with E-state index in [4.69, 9.17) is 0 Å². The van der Waals surface area contributed by atoms with E-state index in [1.165, 1.54) is 0 Å². The van der Waals surface area contributed by atoms with Crippen LogP contribution in [-0.2, 0) is 23.0 Å². The predicted octanol–water partition coefficient (Wildman–Crippen LogP) is 0.209. The first kappa shape index (κ1) is 20.6. The molecule has 10 heteroatoms. The zero-order chi connectivity index (χ0) is 19.5. The van der Waals surface area contributed by atoms with Crippen LogP contribution in [0.5, 0.6) is 0 Å². The molecule has 148 valence electrons. The van der Waals surface area contributed by atoms with Gasteiger partial charge in [0.2, 0.25) is 10.0 Å². The molecule has 0 aromatic carbocycles. The molecule has 0 fully saturated rings. The van der Waals surface area contributed by atoms with Crippen LogP contribution >= 0.6 is 0 Å². The normalized spacial score (nSPS) is 18.7. The highest BCUT2D eigenvalue weighted by Gasteiger charge is 2.25. The largest absolute Gasteiger partial charge is 0.355 e. The summed E-state index contributed by atoms with van der Waals surface area (Å²) in [6.45, 7) is 8.98. The first-order chi connectivity index (χ1) is 12.0. The maximum absolute atomic E-state index is 11.4. The summed E-state index contributed by atoms with van der Waals surface area (Å²) in [5.74, 6) is 2.88. The van der Waals surface area contributed by atoms with Crippen molar-refractivity contribution in [3.8, 4) is 0 Å². The summed E-state index contributed by atoms with van der Waals surface area (Å²) in [6, 6.07) is 0.196. The van der Waals surface area contributed by atoms with Crippen LogP contribution in [0.4, 0.5) is 0 Å². The summed E-state index contributed by atoms with van der Waals surface area (Å²) in [4.78, 5) is 8.84. The predicted molar refractivity (Wildman–Crippen MR) is 103 cm³/mol. The number of hydrogen-bond acceptors (Lipinski definition) is 5. The average Bonchev–Trinajstić information content (AvgIpc) is 2.92. The molecule has 1 atom stereocenters. The second-order valence-electron chi connectivity index (χ2n) is 7.79. The van der Waals surface area contributed by atoms with Crippen molar-refractivity contribution in [2.75, 3.05) is 19.8 Å². The highest BCUT2D eigenvalue weighted by Crippen LogP contribution is 2.17. The van der Waals surface area contributed by atoms with E-state index in [9.17, 15) is 8.42 Å². The maximum Gasteiger partial charge on any atom is 0.209 e. The Morgan fingerprint density at radius 2 is 2.12 bits per heavy atom. The Bertz CT molecular complexity index is 753. The minimum absolute atomic E-state index is 0.196. The molecular formula is C16H31N7O2S. The number of hydrogen-bond donors (Lipinski definition) is 3. The Morgan fingerprint density at radius 1 is 1.42 bits per heavy atom. The van der Waals surface area contributed by atoms with Crippen LogP contribution in [0.3, 0.4) is 0 Å². The smallest absolute Gasteiger partial charge is 0.209 e. The summed E-state index contributed by atoms with van der Waals surface area (Å²) in [5.41, 5.74) is -0.622. The molecule has 1 aromatic rings. The van der Waals surface area contributed by atoms with Crippen LogP contribution in [0.1, 0.15) is 51.7 Å². The maximum atomic E-state index is 11.4. The quantitative estimate of drug-likeness (QED) is 0.476. The third kappa shape index (κ3) is 5.94. The van der Waals surface area contributed by atoms with Crippen LogP contribution in [0.2, 0.25) is 0 Å². The van der Waals surface area contributed by atoms with Gasteiger partial charge in [-0.05, 0) is 20.3 Å². The molecule has 26 heavy (non-hydrogen) atoms. The minimum atomic E-state index is -3.27. The second kappa shape index (κ2) is 7.91. The molecule has 1 unspecified atom stereocenters. The third-order valence-electron chi connectivity index (χ3n) is 4.11. The lowest BCUT2D eigenvalue weighted by molar-refractivity contribution is 0.388. The van der Waals surface area contributed by atoms with Gasteiger partial charge >= 0.3 is 0 Å². The van der Waals surface area contributed by atoms with Gasteiger partial charge in [0.05, 0.1) is 12.8 Å². The molecule has 0 saturated heterocycles. The van der Waals surface area contributed by atoms with Gasteiger partial charge in [0.15, 0.2) is 11.8 Å². The molecule has 1 aliphatic heterocycles. The summed E-state index contributed by atoms with van der Waals surface area (Å²) in [5, 5.41) is 11.2. The zero-order valence-electron chi connectivity index (χ0n) is 16.5. The average molecular weight is 386 g/mol. The number of aromatic nitrogens is 3. The lowest BCUT2D eigenvalue weighted by Crippen LogP contribution is -2.54. The van der Waals surface area contributed by atoms with Gasteiger partial charge in [0.25, 0.3) is 0 Å². The van der Waals surface area contributed by atoms with Gasteiger partial charge in [0, 0.05) is 37.5 Å². The van der Waals surface area contributed by atoms with Gasteiger partial charge in [-0.25, -0.2) is 22.8 Å².